The number of aromatic nitrogens is 2. The Labute approximate surface area is 203 Å². The molecule has 0 saturated carbocycles. The number of rotatable bonds is 16. The molecule has 0 spiro atoms. The summed E-state index contributed by atoms with van der Waals surface area (Å²) in [6.45, 7) is 0. The molecule has 17 nitrogen and oxygen atoms in total. The molecular formula is C19H27N7O10. The van der Waals surface area contributed by atoms with Crippen LogP contribution >= 0.6 is 0 Å². The summed E-state index contributed by atoms with van der Waals surface area (Å²) < 4.78 is 0. The third-order valence-corrected chi connectivity index (χ3v) is 4.65. The predicted molar refractivity (Wildman–Crippen MR) is 117 cm³/mol. The van der Waals surface area contributed by atoms with Crippen LogP contribution in [0.4, 0.5) is 0 Å². The number of hydrogen-bond acceptors (Lipinski definition) is 9. The molecule has 0 aliphatic heterocycles. The normalized spacial score (nSPS) is 13.9. The van der Waals surface area contributed by atoms with Crippen LogP contribution in [0.2, 0.25) is 0 Å². The van der Waals surface area contributed by atoms with Gasteiger partial charge in [-0.15, -0.1) is 0 Å². The number of imidazole rings is 1. The molecule has 0 aliphatic rings. The standard InChI is InChI=1S/C19H27N7O10/c20-9(1-2-14(28)29)16(32)24-11(5-15(30)31)18(34)25-10(4-13(21)27)17(33)26-12(19(35)36)3-8-6-22-7-23-8/h6-7,9-12H,1-5,20H2,(H2,21,27)(H,22,23)(H,24,32)(H,25,34)(H,26,33)(H,28,29)(H,30,31)(H,35,36). The van der Waals surface area contributed by atoms with E-state index in [9.17, 15) is 38.7 Å². The molecule has 0 aliphatic carbocycles. The molecule has 1 heterocycles. The molecule has 36 heavy (non-hydrogen) atoms. The fourth-order valence-electron chi connectivity index (χ4n) is 2.84. The van der Waals surface area contributed by atoms with Crippen molar-refractivity contribution in [2.24, 2.45) is 11.5 Å². The molecule has 0 fully saturated rings. The SMILES string of the molecule is NC(=O)CC(NC(=O)C(CC(=O)O)NC(=O)C(N)CCC(=O)O)C(=O)NC(Cc1cnc[nH]1)C(=O)O. The van der Waals surface area contributed by atoms with Gasteiger partial charge in [-0.3, -0.25) is 28.8 Å². The van der Waals surface area contributed by atoms with Gasteiger partial charge in [0.15, 0.2) is 0 Å². The van der Waals surface area contributed by atoms with Gasteiger partial charge in [0.05, 0.1) is 25.2 Å². The van der Waals surface area contributed by atoms with Crippen LogP contribution in [-0.4, -0.2) is 91.0 Å². The zero-order valence-electron chi connectivity index (χ0n) is 18.8. The molecule has 1 aromatic rings. The second kappa shape index (κ2) is 14.0. The number of carbonyl (C=O) groups is 7. The summed E-state index contributed by atoms with van der Waals surface area (Å²) in [4.78, 5) is 88.8. The first-order valence-corrected chi connectivity index (χ1v) is 10.4. The van der Waals surface area contributed by atoms with Crippen molar-refractivity contribution < 1.29 is 48.9 Å². The van der Waals surface area contributed by atoms with E-state index in [0.29, 0.717) is 5.69 Å². The van der Waals surface area contributed by atoms with Crippen molar-refractivity contribution in [3.8, 4) is 0 Å². The van der Waals surface area contributed by atoms with Crippen molar-refractivity contribution >= 4 is 41.5 Å². The van der Waals surface area contributed by atoms with Crippen LogP contribution in [0.1, 0.15) is 31.4 Å². The first-order chi connectivity index (χ1) is 16.8. The number of nitrogens with one attached hydrogen (secondary N) is 4. The molecule has 4 amide bonds. The third kappa shape index (κ3) is 10.6. The smallest absolute Gasteiger partial charge is 0.326 e. The number of H-pyrrole nitrogens is 1. The maximum absolute atomic E-state index is 12.7. The minimum atomic E-state index is -1.77. The van der Waals surface area contributed by atoms with Crippen molar-refractivity contribution in [1.82, 2.24) is 25.9 Å². The van der Waals surface area contributed by atoms with Crippen LogP contribution in [0.5, 0.6) is 0 Å². The molecule has 0 saturated heterocycles. The molecule has 0 aromatic carbocycles. The largest absolute Gasteiger partial charge is 0.481 e. The molecule has 17 heteroatoms. The van der Waals surface area contributed by atoms with Crippen LogP contribution in [0.15, 0.2) is 12.5 Å². The van der Waals surface area contributed by atoms with Crippen molar-refractivity contribution in [1.29, 1.82) is 0 Å². The Morgan fingerprint density at radius 3 is 1.89 bits per heavy atom. The summed E-state index contributed by atoms with van der Waals surface area (Å²) >= 11 is 0. The van der Waals surface area contributed by atoms with Gasteiger partial charge in [0, 0.05) is 24.7 Å². The van der Waals surface area contributed by atoms with Gasteiger partial charge >= 0.3 is 17.9 Å². The third-order valence-electron chi connectivity index (χ3n) is 4.65. The van der Waals surface area contributed by atoms with Gasteiger partial charge in [-0.25, -0.2) is 9.78 Å². The number of primary amides is 1. The van der Waals surface area contributed by atoms with Gasteiger partial charge in [-0.1, -0.05) is 0 Å². The monoisotopic (exact) mass is 513 g/mol. The van der Waals surface area contributed by atoms with Gasteiger partial charge in [0.1, 0.15) is 18.1 Å². The Balaban J connectivity index is 2.97. The summed E-state index contributed by atoms with van der Waals surface area (Å²) in [6, 6.07) is -6.36. The van der Waals surface area contributed by atoms with E-state index in [-0.39, 0.29) is 12.8 Å². The minimum Gasteiger partial charge on any atom is -0.481 e. The minimum absolute atomic E-state index is 0.218. The Bertz CT molecular complexity index is 981. The zero-order chi connectivity index (χ0) is 27.4. The first-order valence-electron chi connectivity index (χ1n) is 10.4. The highest BCUT2D eigenvalue weighted by atomic mass is 16.4. The van der Waals surface area contributed by atoms with Gasteiger partial charge < -0.3 is 47.7 Å². The van der Waals surface area contributed by atoms with Crippen LogP contribution < -0.4 is 27.4 Å². The number of aliphatic carboxylic acids is 3. The van der Waals surface area contributed by atoms with E-state index in [2.05, 4.69) is 25.9 Å². The number of hydrogen-bond donors (Lipinski definition) is 9. The molecule has 1 rings (SSSR count). The molecule has 1 aromatic heterocycles. The zero-order valence-corrected chi connectivity index (χ0v) is 18.8. The first kappa shape index (κ1) is 29.5. The quantitative estimate of drug-likeness (QED) is 0.102. The van der Waals surface area contributed by atoms with Crippen molar-refractivity contribution in [2.45, 2.75) is 56.3 Å². The van der Waals surface area contributed by atoms with Crippen LogP contribution in [0, 0.1) is 0 Å². The van der Waals surface area contributed by atoms with Crippen LogP contribution in [-0.2, 0) is 40.0 Å². The van der Waals surface area contributed by atoms with E-state index in [1.807, 2.05) is 0 Å². The average Bonchev–Trinajstić information content (AvgIpc) is 3.28. The number of carboxylic acid groups (broad SMARTS) is 3. The van der Waals surface area contributed by atoms with Gasteiger partial charge in [0.25, 0.3) is 0 Å². The lowest BCUT2D eigenvalue weighted by molar-refractivity contribution is -0.143. The van der Waals surface area contributed by atoms with E-state index in [0.717, 1.165) is 0 Å². The topological polar surface area (TPSA) is 297 Å². The number of amides is 4. The van der Waals surface area contributed by atoms with E-state index < -0.39 is 85.0 Å². The fraction of sp³-hybridized carbons (Fsp3) is 0.474. The van der Waals surface area contributed by atoms with Crippen molar-refractivity contribution in [3.63, 3.8) is 0 Å². The summed E-state index contributed by atoms with van der Waals surface area (Å²) in [7, 11) is 0. The molecule has 11 N–H and O–H groups in total. The Morgan fingerprint density at radius 2 is 1.42 bits per heavy atom. The number of nitrogens with two attached hydrogens (primary N) is 2. The van der Waals surface area contributed by atoms with E-state index in [4.69, 9.17) is 21.7 Å². The van der Waals surface area contributed by atoms with E-state index >= 15 is 0 Å². The average molecular weight is 513 g/mol. The Hall–Kier alpha value is -4.54. The van der Waals surface area contributed by atoms with Crippen molar-refractivity contribution in [3.05, 3.63) is 18.2 Å². The highest BCUT2D eigenvalue weighted by Crippen LogP contribution is 2.04. The lowest BCUT2D eigenvalue weighted by Gasteiger charge is -2.24. The van der Waals surface area contributed by atoms with Crippen LogP contribution in [0.25, 0.3) is 0 Å². The maximum Gasteiger partial charge on any atom is 0.326 e. The summed E-state index contributed by atoms with van der Waals surface area (Å²) in [5.74, 6) is -8.59. The maximum atomic E-state index is 12.7. The molecular weight excluding hydrogens is 486 g/mol. The highest BCUT2D eigenvalue weighted by molar-refractivity contribution is 5.97. The highest BCUT2D eigenvalue weighted by Gasteiger charge is 2.32. The Kier molecular flexibility index (Phi) is 11.5. The number of carbonyl (C=O) groups excluding carboxylic acids is 4. The molecule has 4 unspecified atom stereocenters. The summed E-state index contributed by atoms with van der Waals surface area (Å²) in [6.07, 6.45) is -0.103. The lowest BCUT2D eigenvalue weighted by atomic mass is 10.1. The second-order valence-corrected chi connectivity index (χ2v) is 7.61. The molecule has 4 atom stereocenters. The van der Waals surface area contributed by atoms with E-state index in [1.54, 1.807) is 0 Å². The van der Waals surface area contributed by atoms with E-state index in [1.165, 1.54) is 12.5 Å². The predicted octanol–water partition coefficient (Wildman–Crippen LogP) is -3.97. The summed E-state index contributed by atoms with van der Waals surface area (Å²) in [5.41, 5.74) is 11.0. The van der Waals surface area contributed by atoms with Gasteiger partial charge in [0.2, 0.25) is 23.6 Å². The van der Waals surface area contributed by atoms with Crippen LogP contribution in [0.3, 0.4) is 0 Å². The molecule has 198 valence electrons. The lowest BCUT2D eigenvalue weighted by Crippen LogP contribution is -2.58. The number of aromatic amines is 1. The van der Waals surface area contributed by atoms with Gasteiger partial charge in [-0.05, 0) is 6.42 Å². The molecule has 0 bridgehead atoms. The fourth-order valence-corrected chi connectivity index (χ4v) is 2.84. The summed E-state index contributed by atoms with van der Waals surface area (Å²) in [5, 5.41) is 33.4. The Morgan fingerprint density at radius 1 is 0.861 bits per heavy atom. The number of carboxylic acids is 3. The van der Waals surface area contributed by atoms with Crippen molar-refractivity contribution in [2.75, 3.05) is 0 Å². The molecule has 0 radical (unpaired) electrons. The van der Waals surface area contributed by atoms with Gasteiger partial charge in [-0.2, -0.15) is 0 Å². The second-order valence-electron chi connectivity index (χ2n) is 7.61. The number of nitrogens with zero attached hydrogens (tertiary/aromatic N) is 1.